The van der Waals surface area contributed by atoms with Crippen molar-refractivity contribution in [3.8, 4) is 90.5 Å². The van der Waals surface area contributed by atoms with Crippen LogP contribution in [0.15, 0.2) is 243 Å². The molecule has 0 unspecified atom stereocenters. The zero-order chi connectivity index (χ0) is 50.6. The normalized spacial score (nSPS) is 11.6. The van der Waals surface area contributed by atoms with Gasteiger partial charge in [0.1, 0.15) is 46.0 Å². The minimum atomic E-state index is 0.728. The first kappa shape index (κ1) is 45.4. The van der Waals surface area contributed by atoms with Gasteiger partial charge in [0.2, 0.25) is 0 Å². The zero-order valence-electron chi connectivity index (χ0n) is 40.9. The minimum absolute atomic E-state index is 0.728. The Kier molecular flexibility index (Phi) is 12.1. The second-order valence-electron chi connectivity index (χ2n) is 18.3. The molecule has 0 amide bonds. The first-order valence-corrected chi connectivity index (χ1v) is 25.1. The Labute approximate surface area is 439 Å². The number of benzene rings is 8. The molecule has 11 aromatic rings. The Bertz CT molecular complexity index is 3570. The third kappa shape index (κ3) is 9.53. The van der Waals surface area contributed by atoms with Gasteiger partial charge in [-0.2, -0.15) is 0 Å². The van der Waals surface area contributed by atoms with E-state index in [9.17, 15) is 0 Å². The monoisotopic (exact) mass is 982 g/mol. The summed E-state index contributed by atoms with van der Waals surface area (Å²) in [4.78, 5) is 18.8. The van der Waals surface area contributed by atoms with Gasteiger partial charge in [0, 0.05) is 44.3 Å². The highest BCUT2D eigenvalue weighted by atomic mass is 16.5. The van der Waals surface area contributed by atoms with Gasteiger partial charge in [-0.25, -0.2) is 9.97 Å². The summed E-state index contributed by atoms with van der Waals surface area (Å²) in [6.07, 6.45) is 8.41. The van der Waals surface area contributed by atoms with E-state index in [1.807, 2.05) is 170 Å². The molecule has 0 saturated heterocycles. The van der Waals surface area contributed by atoms with Crippen molar-refractivity contribution in [1.29, 1.82) is 0 Å². The van der Waals surface area contributed by atoms with Crippen molar-refractivity contribution in [1.82, 2.24) is 19.9 Å². The van der Waals surface area contributed by atoms with Crippen LogP contribution in [0.25, 0.3) is 90.9 Å². The number of ether oxygens (including phenoxy) is 4. The Morgan fingerprint density at radius 1 is 0.211 bits per heavy atom. The number of H-pyrrole nitrogens is 2. The fraction of sp³-hybridized carbons (Fsp3) is 0. The number of aromatic nitrogens is 4. The number of nitrogens with one attached hydrogen (secondary N) is 2. The van der Waals surface area contributed by atoms with E-state index in [0.29, 0.717) is 0 Å². The van der Waals surface area contributed by atoms with Crippen LogP contribution in [0.5, 0.6) is 46.0 Å². The molecular formula is C68H46N4O4. The summed E-state index contributed by atoms with van der Waals surface area (Å²) < 4.78 is 25.0. The first-order valence-electron chi connectivity index (χ1n) is 25.1. The number of hydrogen-bond donors (Lipinski definition) is 2. The number of hydrogen-bond acceptors (Lipinski definition) is 6. The summed E-state index contributed by atoms with van der Waals surface area (Å²) in [5, 5.41) is 0. The lowest BCUT2D eigenvalue weighted by Gasteiger charge is -2.10. The van der Waals surface area contributed by atoms with E-state index in [2.05, 4.69) is 107 Å². The average molecular weight is 983 g/mol. The fourth-order valence-electron chi connectivity index (χ4n) is 9.68. The van der Waals surface area contributed by atoms with Gasteiger partial charge in [-0.3, -0.25) is 0 Å². The lowest BCUT2D eigenvalue weighted by Crippen LogP contribution is -1.91. The van der Waals surface area contributed by atoms with E-state index in [1.165, 1.54) is 0 Å². The third-order valence-corrected chi connectivity index (χ3v) is 13.2. The Morgan fingerprint density at radius 2 is 0.408 bits per heavy atom. The smallest absolute Gasteiger partial charge is 0.127 e. The summed E-state index contributed by atoms with van der Waals surface area (Å²) in [5.74, 6) is 5.97. The maximum absolute atomic E-state index is 6.26. The van der Waals surface area contributed by atoms with E-state index >= 15 is 0 Å². The highest BCUT2D eigenvalue weighted by Crippen LogP contribution is 2.40. The molecule has 2 aliphatic heterocycles. The molecule has 0 saturated carbocycles. The van der Waals surface area contributed by atoms with Crippen molar-refractivity contribution < 1.29 is 18.9 Å². The first-order chi connectivity index (χ1) is 37.6. The van der Waals surface area contributed by atoms with Crippen molar-refractivity contribution >= 4 is 46.4 Å². The van der Waals surface area contributed by atoms with E-state index < -0.39 is 0 Å². The van der Waals surface area contributed by atoms with Crippen LogP contribution in [-0.2, 0) is 0 Å². The predicted molar refractivity (Wildman–Crippen MR) is 307 cm³/mol. The molecule has 3 aromatic heterocycles. The Balaban J connectivity index is 1.04. The second kappa shape index (κ2) is 20.2. The highest BCUT2D eigenvalue weighted by molar-refractivity contribution is 6.00. The van der Waals surface area contributed by atoms with E-state index in [0.717, 1.165) is 135 Å². The molecule has 0 atom stereocenters. The largest absolute Gasteiger partial charge is 0.457 e. The molecule has 2 N–H and O–H groups in total. The molecule has 0 spiro atoms. The number of fused-ring (bicyclic) bond motifs is 8. The van der Waals surface area contributed by atoms with Crippen LogP contribution in [0.2, 0.25) is 0 Å². The Hall–Kier alpha value is -10.4. The third-order valence-electron chi connectivity index (χ3n) is 13.2. The summed E-state index contributed by atoms with van der Waals surface area (Å²) in [5.41, 5.74) is 14.2. The molecule has 8 aromatic carbocycles. The fourth-order valence-corrected chi connectivity index (χ4v) is 9.68. The molecule has 13 rings (SSSR count). The molecule has 76 heavy (non-hydrogen) atoms. The second-order valence-corrected chi connectivity index (χ2v) is 18.3. The summed E-state index contributed by atoms with van der Waals surface area (Å²) in [6.45, 7) is 0. The van der Waals surface area contributed by atoms with Crippen LogP contribution >= 0.6 is 0 Å². The van der Waals surface area contributed by atoms with Gasteiger partial charge < -0.3 is 28.9 Å². The predicted octanol–water partition coefficient (Wildman–Crippen LogP) is 18.5. The molecule has 0 fully saturated rings. The van der Waals surface area contributed by atoms with Crippen molar-refractivity contribution in [3.63, 3.8) is 0 Å². The lowest BCUT2D eigenvalue weighted by molar-refractivity contribution is 0.482. The maximum Gasteiger partial charge on any atom is 0.127 e. The van der Waals surface area contributed by atoms with Crippen LogP contribution in [0, 0.1) is 0 Å². The van der Waals surface area contributed by atoms with Crippen molar-refractivity contribution in [2.75, 3.05) is 0 Å². The van der Waals surface area contributed by atoms with Crippen molar-refractivity contribution in [2.24, 2.45) is 0 Å². The number of nitrogens with zero attached hydrogens (tertiary/aromatic N) is 2. The van der Waals surface area contributed by atoms with Gasteiger partial charge in [-0.05, 0) is 168 Å². The average Bonchev–Trinajstić information content (AvgIpc) is 4.34. The SMILES string of the molecule is C1=Cc2nc1c(-c1ccc(Oc3ccccc3)cc1)c1ccc([nH]1)c(-c1ccc(Oc3ccccc3)cc1)c1nc(c(-c3ccc(Oc4ccccc4)cc3)c3ccc([nH]3)c2-c2ccc(Oc3ccccc3)cc2)C=C1. The van der Waals surface area contributed by atoms with E-state index in [-0.39, 0.29) is 0 Å². The Morgan fingerprint density at radius 3 is 0.618 bits per heavy atom. The molecule has 362 valence electrons. The molecule has 0 aliphatic carbocycles. The number of para-hydroxylation sites is 4. The standard InChI is InChI=1S/C68H46N4O4/c1-5-13-49(14-6-1)73-53-29-21-45(22-30-53)65-57-37-39-59(69-57)66(46-23-31-54(32-24-46)74-50-15-7-2-8-16-50)61-41-43-63(71-61)68(48-27-35-56(36-28-48)76-52-19-11-4-12-20-52)64-44-42-62(72-64)67(60-40-38-58(65)70-60)47-25-33-55(34-26-47)75-51-17-9-3-10-18-51/h1-44,69,72H. The molecule has 8 nitrogen and oxygen atoms in total. The van der Waals surface area contributed by atoms with Crippen LogP contribution < -0.4 is 18.9 Å². The van der Waals surface area contributed by atoms with Gasteiger partial charge in [-0.15, -0.1) is 0 Å². The van der Waals surface area contributed by atoms with Crippen LogP contribution in [0.1, 0.15) is 22.8 Å². The van der Waals surface area contributed by atoms with Crippen LogP contribution in [-0.4, -0.2) is 19.9 Å². The van der Waals surface area contributed by atoms with Crippen molar-refractivity contribution in [2.45, 2.75) is 0 Å². The molecule has 5 heterocycles. The van der Waals surface area contributed by atoms with Gasteiger partial charge in [0.15, 0.2) is 0 Å². The lowest BCUT2D eigenvalue weighted by atomic mass is 10.0. The summed E-state index contributed by atoms with van der Waals surface area (Å²) in [6, 6.07) is 80.5. The highest BCUT2D eigenvalue weighted by Gasteiger charge is 2.20. The van der Waals surface area contributed by atoms with Gasteiger partial charge in [0.05, 0.1) is 22.8 Å². The van der Waals surface area contributed by atoms with E-state index in [4.69, 9.17) is 28.9 Å². The van der Waals surface area contributed by atoms with Crippen molar-refractivity contribution in [3.05, 3.63) is 265 Å². The summed E-state index contributed by atoms with van der Waals surface area (Å²) in [7, 11) is 0. The molecule has 2 aliphatic rings. The molecule has 8 bridgehead atoms. The topological polar surface area (TPSA) is 94.3 Å². The van der Waals surface area contributed by atoms with Gasteiger partial charge in [-0.1, -0.05) is 121 Å². The quantitative estimate of drug-likeness (QED) is 0.127. The minimum Gasteiger partial charge on any atom is -0.457 e. The van der Waals surface area contributed by atoms with Crippen LogP contribution in [0.3, 0.4) is 0 Å². The van der Waals surface area contributed by atoms with E-state index in [1.54, 1.807) is 0 Å². The number of rotatable bonds is 12. The number of aromatic amines is 2. The maximum atomic E-state index is 6.26. The zero-order valence-corrected chi connectivity index (χ0v) is 40.9. The summed E-state index contributed by atoms with van der Waals surface area (Å²) >= 11 is 0. The van der Waals surface area contributed by atoms with Gasteiger partial charge >= 0.3 is 0 Å². The molecular weight excluding hydrogens is 937 g/mol. The van der Waals surface area contributed by atoms with Gasteiger partial charge in [0.25, 0.3) is 0 Å². The van der Waals surface area contributed by atoms with Crippen LogP contribution in [0.4, 0.5) is 0 Å². The molecule has 0 radical (unpaired) electrons. The molecule has 8 heteroatoms.